The van der Waals surface area contributed by atoms with Gasteiger partial charge in [-0.3, -0.25) is 4.79 Å². The molecular formula is C14H22N2O. The van der Waals surface area contributed by atoms with Crippen molar-refractivity contribution in [1.82, 2.24) is 0 Å². The van der Waals surface area contributed by atoms with Crippen LogP contribution in [0.25, 0.3) is 0 Å². The summed E-state index contributed by atoms with van der Waals surface area (Å²) in [6.07, 6.45) is 1.62. The summed E-state index contributed by atoms with van der Waals surface area (Å²) in [5, 5.41) is 2.85. The third-order valence-electron chi connectivity index (χ3n) is 2.64. The first-order valence-electron chi connectivity index (χ1n) is 6.13. The minimum Gasteiger partial charge on any atom is -0.397 e. The zero-order valence-corrected chi connectivity index (χ0v) is 10.9. The van der Waals surface area contributed by atoms with Crippen LogP contribution in [0.1, 0.15) is 33.6 Å². The highest BCUT2D eigenvalue weighted by atomic mass is 16.1. The van der Waals surface area contributed by atoms with Crippen LogP contribution in [0.5, 0.6) is 0 Å². The predicted molar refractivity (Wildman–Crippen MR) is 72.7 cm³/mol. The molecule has 0 aliphatic rings. The molecule has 0 bridgehead atoms. The molecule has 0 heterocycles. The average molecular weight is 234 g/mol. The van der Waals surface area contributed by atoms with Crippen molar-refractivity contribution in [3.63, 3.8) is 0 Å². The second-order valence-corrected chi connectivity index (χ2v) is 5.07. The minimum atomic E-state index is 0.0380. The van der Waals surface area contributed by atoms with Crippen molar-refractivity contribution in [2.45, 2.75) is 33.6 Å². The van der Waals surface area contributed by atoms with E-state index in [1.54, 1.807) is 6.07 Å². The topological polar surface area (TPSA) is 55.1 Å². The molecule has 0 saturated carbocycles. The molecule has 0 aromatic heterocycles. The van der Waals surface area contributed by atoms with E-state index in [2.05, 4.69) is 26.1 Å². The van der Waals surface area contributed by atoms with Gasteiger partial charge in [0.25, 0.3) is 0 Å². The summed E-state index contributed by atoms with van der Waals surface area (Å²) in [5.41, 5.74) is 7.08. The molecular weight excluding hydrogens is 212 g/mol. The second-order valence-electron chi connectivity index (χ2n) is 5.07. The van der Waals surface area contributed by atoms with Gasteiger partial charge in [0.1, 0.15) is 0 Å². The molecule has 1 aromatic rings. The summed E-state index contributed by atoms with van der Waals surface area (Å²) in [5.74, 6) is 1.07. The standard InChI is InChI=1S/C14H22N2O/c1-10(2)8-11(3)9-14(17)16-13-7-5-4-6-12(13)15/h4-7,10-11H,8-9,15H2,1-3H3,(H,16,17). The van der Waals surface area contributed by atoms with Crippen LogP contribution in [0, 0.1) is 11.8 Å². The van der Waals surface area contributed by atoms with E-state index in [0.29, 0.717) is 29.6 Å². The average Bonchev–Trinajstić information content (AvgIpc) is 2.19. The van der Waals surface area contributed by atoms with E-state index in [4.69, 9.17) is 5.73 Å². The Kier molecular flexibility index (Phi) is 5.01. The molecule has 94 valence electrons. The molecule has 1 aromatic carbocycles. The molecule has 17 heavy (non-hydrogen) atoms. The van der Waals surface area contributed by atoms with Gasteiger partial charge >= 0.3 is 0 Å². The molecule has 3 nitrogen and oxygen atoms in total. The van der Waals surface area contributed by atoms with E-state index in [0.717, 1.165) is 6.42 Å². The van der Waals surface area contributed by atoms with Crippen molar-refractivity contribution in [3.05, 3.63) is 24.3 Å². The number of rotatable bonds is 5. The minimum absolute atomic E-state index is 0.0380. The Morgan fingerprint density at radius 3 is 2.53 bits per heavy atom. The van der Waals surface area contributed by atoms with Crippen LogP contribution in [0.15, 0.2) is 24.3 Å². The van der Waals surface area contributed by atoms with Crippen molar-refractivity contribution in [2.24, 2.45) is 11.8 Å². The van der Waals surface area contributed by atoms with Gasteiger partial charge in [-0.2, -0.15) is 0 Å². The Bertz CT molecular complexity index is 374. The Labute approximate surface area is 103 Å². The zero-order valence-electron chi connectivity index (χ0n) is 10.9. The number of hydrogen-bond donors (Lipinski definition) is 2. The third-order valence-corrected chi connectivity index (χ3v) is 2.64. The highest BCUT2D eigenvalue weighted by Gasteiger charge is 2.11. The van der Waals surface area contributed by atoms with Crippen LogP contribution >= 0.6 is 0 Å². The van der Waals surface area contributed by atoms with E-state index >= 15 is 0 Å². The van der Waals surface area contributed by atoms with E-state index in [1.807, 2.05) is 18.2 Å². The first-order valence-corrected chi connectivity index (χ1v) is 6.13. The van der Waals surface area contributed by atoms with Gasteiger partial charge in [-0.25, -0.2) is 0 Å². The van der Waals surface area contributed by atoms with Crippen LogP contribution in [-0.4, -0.2) is 5.91 Å². The van der Waals surface area contributed by atoms with Crippen LogP contribution < -0.4 is 11.1 Å². The van der Waals surface area contributed by atoms with E-state index < -0.39 is 0 Å². The van der Waals surface area contributed by atoms with Crippen molar-refractivity contribution in [1.29, 1.82) is 0 Å². The maximum atomic E-state index is 11.8. The monoisotopic (exact) mass is 234 g/mol. The normalized spacial score (nSPS) is 12.5. The van der Waals surface area contributed by atoms with Crippen LogP contribution in [-0.2, 0) is 4.79 Å². The molecule has 0 spiro atoms. The zero-order chi connectivity index (χ0) is 12.8. The molecule has 0 radical (unpaired) electrons. The van der Waals surface area contributed by atoms with Crippen molar-refractivity contribution in [2.75, 3.05) is 11.1 Å². The molecule has 1 amide bonds. The largest absolute Gasteiger partial charge is 0.397 e. The molecule has 0 saturated heterocycles. The summed E-state index contributed by atoms with van der Waals surface area (Å²) in [6, 6.07) is 7.32. The van der Waals surface area contributed by atoms with Gasteiger partial charge in [-0.1, -0.05) is 32.9 Å². The van der Waals surface area contributed by atoms with Crippen LogP contribution in [0.3, 0.4) is 0 Å². The number of nitrogens with one attached hydrogen (secondary N) is 1. The summed E-state index contributed by atoms with van der Waals surface area (Å²) in [6.45, 7) is 6.45. The lowest BCUT2D eigenvalue weighted by Gasteiger charge is -2.14. The van der Waals surface area contributed by atoms with Crippen molar-refractivity contribution >= 4 is 17.3 Å². The maximum Gasteiger partial charge on any atom is 0.224 e. The van der Waals surface area contributed by atoms with Gasteiger partial charge in [0.15, 0.2) is 0 Å². The fraction of sp³-hybridized carbons (Fsp3) is 0.500. The molecule has 1 atom stereocenters. The molecule has 3 N–H and O–H groups in total. The van der Waals surface area contributed by atoms with Crippen molar-refractivity contribution < 1.29 is 4.79 Å². The van der Waals surface area contributed by atoms with Gasteiger partial charge < -0.3 is 11.1 Å². The first kappa shape index (κ1) is 13.6. The Hall–Kier alpha value is -1.51. The predicted octanol–water partition coefficient (Wildman–Crippen LogP) is 3.28. The lowest BCUT2D eigenvalue weighted by Crippen LogP contribution is -2.16. The number of nitrogen functional groups attached to an aromatic ring is 1. The number of para-hydroxylation sites is 2. The number of nitrogens with two attached hydrogens (primary N) is 1. The number of benzene rings is 1. The van der Waals surface area contributed by atoms with Gasteiger partial charge in [0.2, 0.25) is 5.91 Å². The summed E-state index contributed by atoms with van der Waals surface area (Å²) >= 11 is 0. The maximum absolute atomic E-state index is 11.8. The Balaban J connectivity index is 2.47. The second kappa shape index (κ2) is 6.28. The SMILES string of the molecule is CC(C)CC(C)CC(=O)Nc1ccccc1N. The Morgan fingerprint density at radius 1 is 1.29 bits per heavy atom. The van der Waals surface area contributed by atoms with Crippen LogP contribution in [0.4, 0.5) is 11.4 Å². The number of amides is 1. The van der Waals surface area contributed by atoms with Crippen LogP contribution in [0.2, 0.25) is 0 Å². The molecule has 0 aliphatic carbocycles. The quantitative estimate of drug-likeness (QED) is 0.768. The first-order chi connectivity index (χ1) is 7.99. The molecule has 1 unspecified atom stereocenters. The summed E-state index contributed by atoms with van der Waals surface area (Å²) in [7, 11) is 0. The molecule has 1 rings (SSSR count). The molecule has 0 aliphatic heterocycles. The van der Waals surface area contributed by atoms with Gasteiger partial charge in [0, 0.05) is 6.42 Å². The lowest BCUT2D eigenvalue weighted by molar-refractivity contribution is -0.117. The molecule has 0 fully saturated rings. The van der Waals surface area contributed by atoms with Gasteiger partial charge in [-0.15, -0.1) is 0 Å². The van der Waals surface area contributed by atoms with E-state index in [1.165, 1.54) is 0 Å². The third kappa shape index (κ3) is 4.89. The summed E-state index contributed by atoms with van der Waals surface area (Å²) < 4.78 is 0. The fourth-order valence-electron chi connectivity index (χ4n) is 2.02. The number of anilines is 2. The van der Waals surface area contributed by atoms with Gasteiger partial charge in [-0.05, 0) is 30.4 Å². The highest BCUT2D eigenvalue weighted by Crippen LogP contribution is 2.19. The fourth-order valence-corrected chi connectivity index (χ4v) is 2.02. The lowest BCUT2D eigenvalue weighted by atomic mass is 9.96. The number of carbonyl (C=O) groups excluding carboxylic acids is 1. The number of hydrogen-bond acceptors (Lipinski definition) is 2. The number of carbonyl (C=O) groups is 1. The van der Waals surface area contributed by atoms with E-state index in [9.17, 15) is 4.79 Å². The summed E-state index contributed by atoms with van der Waals surface area (Å²) in [4.78, 5) is 11.8. The Morgan fingerprint density at radius 2 is 1.94 bits per heavy atom. The highest BCUT2D eigenvalue weighted by molar-refractivity contribution is 5.93. The smallest absolute Gasteiger partial charge is 0.224 e. The molecule has 3 heteroatoms. The van der Waals surface area contributed by atoms with Crippen molar-refractivity contribution in [3.8, 4) is 0 Å². The van der Waals surface area contributed by atoms with E-state index in [-0.39, 0.29) is 5.91 Å². The van der Waals surface area contributed by atoms with Gasteiger partial charge in [0.05, 0.1) is 11.4 Å².